The fourth-order valence-electron chi connectivity index (χ4n) is 5.30. The van der Waals surface area contributed by atoms with E-state index in [1.54, 1.807) is 0 Å². The van der Waals surface area contributed by atoms with Gasteiger partial charge in [0, 0.05) is 41.4 Å². The van der Waals surface area contributed by atoms with Gasteiger partial charge in [0.15, 0.2) is 5.11 Å². The fraction of sp³-hybridized carbons (Fsp3) is 0.281. The SMILES string of the molecule is Cc1cc(N2C(=S)N[C@H](c3ccccn3)[C@@H]2c2cc(C)n(Cc3ccccc3)c2C)ccc1NC(=O)C(C)C. The van der Waals surface area contributed by atoms with E-state index < -0.39 is 0 Å². The molecule has 1 aliphatic heterocycles. The number of anilines is 2. The van der Waals surface area contributed by atoms with Crippen molar-refractivity contribution in [2.75, 3.05) is 10.2 Å². The number of hydrogen-bond acceptors (Lipinski definition) is 3. The zero-order valence-electron chi connectivity index (χ0n) is 23.1. The summed E-state index contributed by atoms with van der Waals surface area (Å²) in [4.78, 5) is 19.2. The van der Waals surface area contributed by atoms with Gasteiger partial charge in [0.2, 0.25) is 5.91 Å². The van der Waals surface area contributed by atoms with Gasteiger partial charge < -0.3 is 20.1 Å². The second kappa shape index (κ2) is 11.0. The highest BCUT2D eigenvalue weighted by atomic mass is 32.1. The minimum atomic E-state index is -0.120. The Bertz CT molecular complexity index is 1500. The molecule has 3 heterocycles. The van der Waals surface area contributed by atoms with Crippen LogP contribution in [0, 0.1) is 26.7 Å². The quantitative estimate of drug-likeness (QED) is 0.259. The summed E-state index contributed by atoms with van der Waals surface area (Å²) in [5.41, 5.74) is 8.60. The first-order valence-corrected chi connectivity index (χ1v) is 13.8. The Kier molecular flexibility index (Phi) is 7.53. The third-order valence-corrected chi connectivity index (χ3v) is 7.80. The molecule has 6 nitrogen and oxygen atoms in total. The number of carbonyl (C=O) groups excluding carboxylic acids is 1. The molecule has 1 fully saturated rings. The highest BCUT2D eigenvalue weighted by Gasteiger charge is 2.42. The van der Waals surface area contributed by atoms with Crippen molar-refractivity contribution in [3.05, 3.63) is 113 Å². The molecular weight excluding hydrogens is 502 g/mol. The smallest absolute Gasteiger partial charge is 0.226 e. The lowest BCUT2D eigenvalue weighted by Crippen LogP contribution is -2.29. The molecule has 0 unspecified atom stereocenters. The number of pyridine rings is 1. The average Bonchev–Trinajstić information content (AvgIpc) is 3.41. The van der Waals surface area contributed by atoms with Gasteiger partial charge >= 0.3 is 0 Å². The predicted octanol–water partition coefficient (Wildman–Crippen LogP) is 6.63. The first-order chi connectivity index (χ1) is 18.7. The van der Waals surface area contributed by atoms with E-state index >= 15 is 0 Å². The van der Waals surface area contributed by atoms with Gasteiger partial charge in [-0.25, -0.2) is 0 Å². The standard InChI is InChI=1S/C32H35N5OS/c1-20(2)31(38)34-27-15-14-25(17-21(27)3)37-30(29(35-32(37)39)28-13-9-10-16-33-28)26-18-22(4)36(23(26)5)19-24-11-7-6-8-12-24/h6-18,20,29-30H,19H2,1-5H3,(H,34,38)(H,35,39)/t29-,30+/m1/s1. The molecule has 0 radical (unpaired) electrons. The van der Waals surface area contributed by atoms with Crippen LogP contribution < -0.4 is 15.5 Å². The molecule has 1 amide bonds. The number of aromatic nitrogens is 2. The van der Waals surface area contributed by atoms with Crippen molar-refractivity contribution in [2.45, 2.75) is 53.2 Å². The summed E-state index contributed by atoms with van der Waals surface area (Å²) in [5, 5.41) is 7.26. The molecule has 0 bridgehead atoms. The molecule has 0 aliphatic carbocycles. The van der Waals surface area contributed by atoms with Crippen LogP contribution in [-0.2, 0) is 11.3 Å². The molecule has 2 aromatic carbocycles. The van der Waals surface area contributed by atoms with Gasteiger partial charge in [0.05, 0.1) is 17.8 Å². The number of rotatable bonds is 7. The molecule has 0 saturated carbocycles. The lowest BCUT2D eigenvalue weighted by molar-refractivity contribution is -0.118. The van der Waals surface area contributed by atoms with Crippen LogP contribution in [0.15, 0.2) is 79.0 Å². The van der Waals surface area contributed by atoms with Gasteiger partial charge in [-0.1, -0.05) is 50.2 Å². The number of aryl methyl sites for hydroxylation is 2. The normalized spacial score (nSPS) is 17.0. The Hall–Kier alpha value is -3.97. The van der Waals surface area contributed by atoms with Crippen molar-refractivity contribution in [2.24, 2.45) is 5.92 Å². The van der Waals surface area contributed by atoms with Crippen LogP contribution in [0.2, 0.25) is 0 Å². The van der Waals surface area contributed by atoms with Crippen LogP contribution in [0.25, 0.3) is 0 Å². The summed E-state index contributed by atoms with van der Waals surface area (Å²) >= 11 is 5.96. The van der Waals surface area contributed by atoms with Gasteiger partial charge in [0.25, 0.3) is 0 Å². The van der Waals surface area contributed by atoms with E-state index in [1.165, 1.54) is 22.5 Å². The van der Waals surface area contributed by atoms with Crippen molar-refractivity contribution < 1.29 is 4.79 Å². The van der Waals surface area contributed by atoms with E-state index in [2.05, 4.69) is 76.4 Å². The van der Waals surface area contributed by atoms with Crippen molar-refractivity contribution in [1.82, 2.24) is 14.9 Å². The monoisotopic (exact) mass is 537 g/mol. The van der Waals surface area contributed by atoms with Crippen molar-refractivity contribution in [3.8, 4) is 0 Å². The maximum atomic E-state index is 12.3. The minimum Gasteiger partial charge on any atom is -0.351 e. The molecule has 1 saturated heterocycles. The zero-order valence-corrected chi connectivity index (χ0v) is 23.9. The molecule has 7 heteroatoms. The second-order valence-corrected chi connectivity index (χ2v) is 10.9. The van der Waals surface area contributed by atoms with E-state index in [0.29, 0.717) is 5.11 Å². The number of nitrogens with zero attached hydrogens (tertiary/aromatic N) is 3. The third kappa shape index (κ3) is 5.32. The highest BCUT2D eigenvalue weighted by Crippen LogP contribution is 2.44. The molecule has 5 rings (SSSR count). The van der Waals surface area contributed by atoms with Crippen LogP contribution in [0.5, 0.6) is 0 Å². The summed E-state index contributed by atoms with van der Waals surface area (Å²) in [6.45, 7) is 11.0. The second-order valence-electron chi connectivity index (χ2n) is 10.5. The molecule has 1 aliphatic rings. The molecule has 39 heavy (non-hydrogen) atoms. The highest BCUT2D eigenvalue weighted by molar-refractivity contribution is 7.80. The first kappa shape index (κ1) is 26.6. The zero-order chi connectivity index (χ0) is 27.7. The number of benzene rings is 2. The Morgan fingerprint density at radius 2 is 1.77 bits per heavy atom. The third-order valence-electron chi connectivity index (χ3n) is 7.48. The average molecular weight is 538 g/mol. The fourth-order valence-corrected chi connectivity index (χ4v) is 5.65. The molecule has 2 N–H and O–H groups in total. The summed E-state index contributed by atoms with van der Waals surface area (Å²) in [6, 6.07) is 24.7. The lowest BCUT2D eigenvalue weighted by atomic mass is 9.96. The summed E-state index contributed by atoms with van der Waals surface area (Å²) in [7, 11) is 0. The molecule has 4 aromatic rings. The van der Waals surface area contributed by atoms with Gasteiger partial charge in [-0.3, -0.25) is 9.78 Å². The van der Waals surface area contributed by atoms with E-state index in [-0.39, 0.29) is 23.9 Å². The maximum Gasteiger partial charge on any atom is 0.226 e. The Morgan fingerprint density at radius 1 is 1.03 bits per heavy atom. The van der Waals surface area contributed by atoms with E-state index in [1.807, 2.05) is 57.3 Å². The topological polar surface area (TPSA) is 62.2 Å². The summed E-state index contributed by atoms with van der Waals surface area (Å²) in [6.07, 6.45) is 1.83. The molecule has 200 valence electrons. The van der Waals surface area contributed by atoms with Crippen molar-refractivity contribution in [1.29, 1.82) is 0 Å². The predicted molar refractivity (Wildman–Crippen MR) is 162 cm³/mol. The molecule has 2 atom stereocenters. The van der Waals surface area contributed by atoms with Gasteiger partial charge in [0.1, 0.15) is 0 Å². The number of thiocarbonyl (C=S) groups is 1. The minimum absolute atomic E-state index is 0.00292. The largest absolute Gasteiger partial charge is 0.351 e. The van der Waals surface area contributed by atoms with Crippen LogP contribution in [0.4, 0.5) is 11.4 Å². The lowest BCUT2D eigenvalue weighted by Gasteiger charge is -2.29. The van der Waals surface area contributed by atoms with E-state index in [0.717, 1.165) is 29.2 Å². The van der Waals surface area contributed by atoms with Gasteiger partial charge in [-0.15, -0.1) is 0 Å². The van der Waals surface area contributed by atoms with E-state index in [9.17, 15) is 4.79 Å². The summed E-state index contributed by atoms with van der Waals surface area (Å²) in [5.74, 6) is -0.0859. The van der Waals surface area contributed by atoms with Gasteiger partial charge in [-0.05, 0) is 86.1 Å². The van der Waals surface area contributed by atoms with E-state index in [4.69, 9.17) is 17.2 Å². The number of hydrogen-bond donors (Lipinski definition) is 2. The molecule has 2 aromatic heterocycles. The Morgan fingerprint density at radius 3 is 2.44 bits per heavy atom. The summed E-state index contributed by atoms with van der Waals surface area (Å²) < 4.78 is 2.37. The number of carbonyl (C=O) groups is 1. The molecular formula is C32H35N5OS. The van der Waals surface area contributed by atoms with Gasteiger partial charge in [-0.2, -0.15) is 0 Å². The van der Waals surface area contributed by atoms with Crippen molar-refractivity contribution in [3.63, 3.8) is 0 Å². The van der Waals surface area contributed by atoms with Crippen LogP contribution in [0.1, 0.15) is 59.7 Å². The van der Waals surface area contributed by atoms with Crippen molar-refractivity contribution >= 4 is 34.6 Å². The van der Waals surface area contributed by atoms with Crippen LogP contribution >= 0.6 is 12.2 Å². The maximum absolute atomic E-state index is 12.3. The van der Waals surface area contributed by atoms with Crippen LogP contribution in [-0.4, -0.2) is 20.6 Å². The first-order valence-electron chi connectivity index (χ1n) is 13.4. The number of amides is 1. The Labute approximate surface area is 236 Å². The molecule has 0 spiro atoms. The Balaban J connectivity index is 1.57. The van der Waals surface area contributed by atoms with Crippen LogP contribution in [0.3, 0.4) is 0 Å². The number of nitrogens with one attached hydrogen (secondary N) is 2.